The van der Waals surface area contributed by atoms with Crippen molar-refractivity contribution >= 4 is 5.97 Å². The van der Waals surface area contributed by atoms with Crippen molar-refractivity contribution in [3.63, 3.8) is 0 Å². The lowest BCUT2D eigenvalue weighted by Crippen LogP contribution is -2.17. The van der Waals surface area contributed by atoms with Crippen molar-refractivity contribution in [3.05, 3.63) is 77.9 Å². The molecule has 1 N–H and O–H groups in total. The van der Waals surface area contributed by atoms with Gasteiger partial charge in [-0.25, -0.2) is 0 Å². The molecule has 0 aliphatic carbocycles. The van der Waals surface area contributed by atoms with Gasteiger partial charge in [0, 0.05) is 6.42 Å². The maximum atomic E-state index is 12.6. The highest BCUT2D eigenvalue weighted by Crippen LogP contribution is 2.34. The van der Waals surface area contributed by atoms with Crippen LogP contribution in [-0.2, 0) is 16.6 Å². The van der Waals surface area contributed by atoms with E-state index in [4.69, 9.17) is 9.84 Å². The monoisotopic (exact) mass is 458 g/mol. The van der Waals surface area contributed by atoms with Crippen LogP contribution in [0.5, 0.6) is 17.2 Å². The Labute approximate surface area is 190 Å². The summed E-state index contributed by atoms with van der Waals surface area (Å²) in [5.74, 6) is -0.239. The summed E-state index contributed by atoms with van der Waals surface area (Å²) in [6.45, 7) is 6.31. The first-order valence-corrected chi connectivity index (χ1v) is 10.4. The maximum absolute atomic E-state index is 12.6. The Hall–Kier alpha value is -3.48. The number of hydrogen-bond acceptors (Lipinski definition) is 3. The lowest BCUT2D eigenvalue weighted by molar-refractivity contribution is -0.274. The molecule has 0 atom stereocenters. The number of ether oxygens (including phenoxy) is 2. The van der Waals surface area contributed by atoms with E-state index in [1.165, 1.54) is 18.2 Å². The third-order valence-electron chi connectivity index (χ3n) is 5.02. The first-order chi connectivity index (χ1) is 15.4. The lowest BCUT2D eigenvalue weighted by Gasteiger charge is -2.19. The number of aryl methyl sites for hydroxylation is 1. The van der Waals surface area contributed by atoms with Crippen molar-refractivity contribution in [2.75, 3.05) is 0 Å². The zero-order chi connectivity index (χ0) is 24.2. The molecule has 174 valence electrons. The van der Waals surface area contributed by atoms with Gasteiger partial charge >= 0.3 is 12.3 Å². The Balaban J connectivity index is 1.94. The summed E-state index contributed by atoms with van der Waals surface area (Å²) in [5, 5.41) is 9.07. The number of benzene rings is 3. The molecule has 0 saturated heterocycles. The summed E-state index contributed by atoms with van der Waals surface area (Å²) in [7, 11) is 0. The molecule has 0 saturated carbocycles. The molecule has 33 heavy (non-hydrogen) atoms. The fraction of sp³-hybridized carbons (Fsp3) is 0.269. The molecule has 0 amide bonds. The van der Waals surface area contributed by atoms with Crippen molar-refractivity contribution in [3.8, 4) is 28.4 Å². The molecule has 0 unspecified atom stereocenters. The Morgan fingerprint density at radius 3 is 2.15 bits per heavy atom. The minimum atomic E-state index is -4.78. The second kappa shape index (κ2) is 9.57. The largest absolute Gasteiger partial charge is 0.573 e. The average molecular weight is 458 g/mol. The van der Waals surface area contributed by atoms with Gasteiger partial charge in [-0.1, -0.05) is 57.2 Å². The molecular formula is C26H25F3O4. The number of halogens is 3. The Morgan fingerprint density at radius 1 is 0.879 bits per heavy atom. The van der Waals surface area contributed by atoms with Gasteiger partial charge in [0.2, 0.25) is 0 Å². The predicted molar refractivity (Wildman–Crippen MR) is 120 cm³/mol. The van der Waals surface area contributed by atoms with Crippen LogP contribution in [0.25, 0.3) is 11.1 Å². The van der Waals surface area contributed by atoms with Crippen LogP contribution in [0.15, 0.2) is 66.7 Å². The van der Waals surface area contributed by atoms with Crippen molar-refractivity contribution in [2.45, 2.75) is 45.4 Å². The quantitative estimate of drug-likeness (QED) is 0.402. The number of alkyl halides is 3. The summed E-state index contributed by atoms with van der Waals surface area (Å²) in [4.78, 5) is 11.1. The molecule has 4 nitrogen and oxygen atoms in total. The van der Waals surface area contributed by atoms with E-state index in [9.17, 15) is 18.0 Å². The summed E-state index contributed by atoms with van der Waals surface area (Å²) in [5.41, 5.74) is 2.92. The summed E-state index contributed by atoms with van der Waals surface area (Å²) in [6, 6.07) is 18.4. The number of carboxylic acid groups (broad SMARTS) is 1. The molecule has 0 aromatic heterocycles. The molecule has 0 aliphatic rings. The second-order valence-corrected chi connectivity index (χ2v) is 8.67. The highest BCUT2D eigenvalue weighted by Gasteiger charge is 2.31. The second-order valence-electron chi connectivity index (χ2n) is 8.67. The topological polar surface area (TPSA) is 55.8 Å². The van der Waals surface area contributed by atoms with Crippen molar-refractivity contribution in [1.29, 1.82) is 0 Å². The van der Waals surface area contributed by atoms with Gasteiger partial charge in [-0.3, -0.25) is 4.79 Å². The third kappa shape index (κ3) is 7.00. The van der Waals surface area contributed by atoms with Crippen LogP contribution in [0.1, 0.15) is 38.3 Å². The number of carbonyl (C=O) groups is 1. The van der Waals surface area contributed by atoms with Gasteiger partial charge in [0.05, 0.1) is 0 Å². The van der Waals surface area contributed by atoms with Gasteiger partial charge in [0.15, 0.2) is 0 Å². The van der Waals surface area contributed by atoms with E-state index in [1.807, 2.05) is 24.3 Å². The zero-order valence-electron chi connectivity index (χ0n) is 18.6. The molecule has 0 radical (unpaired) electrons. The molecule has 7 heteroatoms. The van der Waals surface area contributed by atoms with Gasteiger partial charge in [0.25, 0.3) is 0 Å². The van der Waals surface area contributed by atoms with E-state index < -0.39 is 12.3 Å². The van der Waals surface area contributed by atoms with Crippen LogP contribution in [0, 0.1) is 0 Å². The maximum Gasteiger partial charge on any atom is 0.573 e. The molecule has 0 bridgehead atoms. The lowest BCUT2D eigenvalue weighted by atomic mass is 9.87. The van der Waals surface area contributed by atoms with Gasteiger partial charge in [-0.2, -0.15) is 0 Å². The van der Waals surface area contributed by atoms with E-state index in [-0.39, 0.29) is 24.0 Å². The van der Waals surface area contributed by atoms with Crippen LogP contribution in [0.4, 0.5) is 13.2 Å². The van der Waals surface area contributed by atoms with Crippen LogP contribution >= 0.6 is 0 Å². The van der Waals surface area contributed by atoms with E-state index in [2.05, 4.69) is 25.5 Å². The smallest absolute Gasteiger partial charge is 0.481 e. The molecule has 0 fully saturated rings. The molecule has 3 aromatic rings. The van der Waals surface area contributed by atoms with Crippen LogP contribution in [-0.4, -0.2) is 17.4 Å². The fourth-order valence-corrected chi connectivity index (χ4v) is 3.30. The molecule has 0 spiro atoms. The minimum Gasteiger partial charge on any atom is -0.481 e. The molecule has 3 rings (SSSR count). The Morgan fingerprint density at radius 2 is 1.55 bits per heavy atom. The van der Waals surface area contributed by atoms with Gasteiger partial charge in [0.1, 0.15) is 17.2 Å². The highest BCUT2D eigenvalue weighted by molar-refractivity contribution is 5.69. The van der Waals surface area contributed by atoms with Gasteiger partial charge < -0.3 is 14.6 Å². The zero-order valence-corrected chi connectivity index (χ0v) is 18.6. The standard InChI is InChI=1S/C26H25F3O4/c1-25(2,3)20-10-12-21(13-11-20)32-23-16-19(8-7-17(23)9-14-24(30)31)18-5-4-6-22(15-18)33-26(27,28)29/h4-8,10-13,15-16H,9,14H2,1-3H3,(H,30,31). The molecule has 3 aromatic carbocycles. The predicted octanol–water partition coefficient (Wildman–Crippen LogP) is 7.36. The molecule has 0 aliphatic heterocycles. The van der Waals surface area contributed by atoms with E-state index in [0.717, 1.165) is 5.56 Å². The van der Waals surface area contributed by atoms with Gasteiger partial charge in [-0.05, 0) is 64.4 Å². The van der Waals surface area contributed by atoms with Crippen molar-refractivity contribution < 1.29 is 32.5 Å². The van der Waals surface area contributed by atoms with E-state index in [0.29, 0.717) is 28.2 Å². The normalized spacial score (nSPS) is 11.8. The Bertz CT molecular complexity index is 1110. The van der Waals surface area contributed by atoms with Crippen molar-refractivity contribution in [1.82, 2.24) is 0 Å². The summed E-state index contributed by atoms with van der Waals surface area (Å²) in [6.07, 6.45) is -4.61. The molecular weight excluding hydrogens is 433 g/mol. The van der Waals surface area contributed by atoms with Crippen LogP contribution < -0.4 is 9.47 Å². The van der Waals surface area contributed by atoms with Gasteiger partial charge in [-0.15, -0.1) is 13.2 Å². The number of aliphatic carboxylic acids is 1. The highest BCUT2D eigenvalue weighted by atomic mass is 19.4. The first kappa shape index (κ1) is 24.2. The Kier molecular flexibility index (Phi) is 7.01. The van der Waals surface area contributed by atoms with Crippen molar-refractivity contribution in [2.24, 2.45) is 0 Å². The number of rotatable bonds is 7. The first-order valence-electron chi connectivity index (χ1n) is 10.4. The molecule has 0 heterocycles. The van der Waals surface area contributed by atoms with E-state index in [1.54, 1.807) is 24.3 Å². The summed E-state index contributed by atoms with van der Waals surface area (Å²) < 4.78 is 47.9. The van der Waals surface area contributed by atoms with Crippen LogP contribution in [0.2, 0.25) is 0 Å². The average Bonchev–Trinajstić information content (AvgIpc) is 2.71. The number of hydrogen-bond donors (Lipinski definition) is 1. The third-order valence-corrected chi connectivity index (χ3v) is 5.02. The number of carboxylic acids is 1. The SMILES string of the molecule is CC(C)(C)c1ccc(Oc2cc(-c3cccc(OC(F)(F)F)c3)ccc2CCC(=O)O)cc1. The van der Waals surface area contributed by atoms with Crippen LogP contribution in [0.3, 0.4) is 0 Å². The minimum absolute atomic E-state index is 0.0192. The fourth-order valence-electron chi connectivity index (χ4n) is 3.30. The van der Waals surface area contributed by atoms with E-state index >= 15 is 0 Å². The summed E-state index contributed by atoms with van der Waals surface area (Å²) >= 11 is 0.